The predicted octanol–water partition coefficient (Wildman–Crippen LogP) is 1.50. The topological polar surface area (TPSA) is 96.0 Å². The molecule has 0 aromatic heterocycles. The first-order valence-electron chi connectivity index (χ1n) is 8.14. The molecule has 1 aliphatic rings. The molecule has 0 atom stereocenters. The number of benzene rings is 1. The Bertz CT molecular complexity index is 718. The highest BCUT2D eigenvalue weighted by atomic mass is 32.2. The van der Waals surface area contributed by atoms with Crippen LogP contribution in [0.5, 0.6) is 0 Å². The van der Waals surface area contributed by atoms with Gasteiger partial charge in [-0.1, -0.05) is 0 Å². The SMILES string of the molecule is CCOC(=O)N1CCCN(S(=O)(=O)c2ccc(NC(C)=O)cc2)CC1. The number of ether oxygens (including phenoxy) is 1. The average Bonchev–Trinajstić information content (AvgIpc) is 2.81. The van der Waals surface area contributed by atoms with E-state index in [-0.39, 0.29) is 24.0 Å². The van der Waals surface area contributed by atoms with Gasteiger partial charge in [-0.15, -0.1) is 0 Å². The number of sulfonamides is 1. The fourth-order valence-electron chi connectivity index (χ4n) is 2.59. The first-order chi connectivity index (χ1) is 11.8. The molecule has 1 N–H and O–H groups in total. The third-order valence-corrected chi connectivity index (χ3v) is 5.71. The Kier molecular flexibility index (Phi) is 6.38. The second-order valence-electron chi connectivity index (χ2n) is 5.65. The molecule has 1 fully saturated rings. The summed E-state index contributed by atoms with van der Waals surface area (Å²) < 4.78 is 31.9. The molecule has 2 rings (SSSR count). The number of hydrogen-bond acceptors (Lipinski definition) is 5. The summed E-state index contributed by atoms with van der Waals surface area (Å²) in [4.78, 5) is 24.5. The minimum Gasteiger partial charge on any atom is -0.450 e. The van der Waals surface area contributed by atoms with Gasteiger partial charge < -0.3 is 15.0 Å². The normalized spacial score (nSPS) is 16.2. The molecule has 25 heavy (non-hydrogen) atoms. The summed E-state index contributed by atoms with van der Waals surface area (Å²) in [7, 11) is -3.65. The molecule has 1 aromatic rings. The van der Waals surface area contributed by atoms with E-state index in [1.807, 2.05) is 0 Å². The highest BCUT2D eigenvalue weighted by Crippen LogP contribution is 2.20. The van der Waals surface area contributed by atoms with Crippen LogP contribution in [0.3, 0.4) is 0 Å². The van der Waals surface area contributed by atoms with Crippen molar-refractivity contribution < 1.29 is 22.7 Å². The highest BCUT2D eigenvalue weighted by Gasteiger charge is 2.28. The second-order valence-corrected chi connectivity index (χ2v) is 7.59. The van der Waals surface area contributed by atoms with Crippen LogP contribution in [0, 0.1) is 0 Å². The van der Waals surface area contributed by atoms with Crippen LogP contribution in [0.15, 0.2) is 29.2 Å². The van der Waals surface area contributed by atoms with Gasteiger partial charge in [-0.05, 0) is 37.6 Å². The Labute approximate surface area is 147 Å². The molecule has 9 heteroatoms. The molecular weight excluding hydrogens is 346 g/mol. The van der Waals surface area contributed by atoms with Gasteiger partial charge in [0.05, 0.1) is 11.5 Å². The van der Waals surface area contributed by atoms with E-state index in [9.17, 15) is 18.0 Å². The summed E-state index contributed by atoms with van der Waals surface area (Å²) in [6.45, 7) is 4.72. The molecule has 0 bridgehead atoms. The first-order valence-corrected chi connectivity index (χ1v) is 9.58. The predicted molar refractivity (Wildman–Crippen MR) is 92.7 cm³/mol. The van der Waals surface area contributed by atoms with E-state index in [0.29, 0.717) is 31.7 Å². The third kappa shape index (κ3) is 4.93. The molecule has 0 unspecified atom stereocenters. The number of carbonyl (C=O) groups excluding carboxylic acids is 2. The van der Waals surface area contributed by atoms with Gasteiger partial charge in [-0.2, -0.15) is 4.31 Å². The molecule has 2 amide bonds. The maximum Gasteiger partial charge on any atom is 0.409 e. The zero-order chi connectivity index (χ0) is 18.4. The maximum absolute atomic E-state index is 12.8. The lowest BCUT2D eigenvalue weighted by Crippen LogP contribution is -2.37. The van der Waals surface area contributed by atoms with Gasteiger partial charge in [-0.25, -0.2) is 13.2 Å². The standard InChI is InChI=1S/C16H23N3O5S/c1-3-24-16(21)18-9-4-10-19(12-11-18)25(22,23)15-7-5-14(6-8-15)17-13(2)20/h5-8H,3-4,9-12H2,1-2H3,(H,17,20). The van der Waals surface area contributed by atoms with Crippen molar-refractivity contribution in [3.05, 3.63) is 24.3 Å². The Morgan fingerprint density at radius 2 is 1.80 bits per heavy atom. The fourth-order valence-corrected chi connectivity index (χ4v) is 4.06. The van der Waals surface area contributed by atoms with Crippen molar-refractivity contribution >= 4 is 27.7 Å². The Hall–Kier alpha value is -2.13. The molecule has 1 saturated heterocycles. The number of nitrogens with zero attached hydrogens (tertiary/aromatic N) is 2. The summed E-state index contributed by atoms with van der Waals surface area (Å²) in [5.74, 6) is -0.220. The lowest BCUT2D eigenvalue weighted by atomic mass is 10.3. The van der Waals surface area contributed by atoms with Crippen molar-refractivity contribution in [3.8, 4) is 0 Å². The summed E-state index contributed by atoms with van der Waals surface area (Å²) in [5.41, 5.74) is 0.538. The van der Waals surface area contributed by atoms with E-state index in [2.05, 4.69) is 5.32 Å². The minimum absolute atomic E-state index is 0.159. The van der Waals surface area contributed by atoms with E-state index in [4.69, 9.17) is 4.74 Å². The van der Waals surface area contributed by atoms with Crippen molar-refractivity contribution in [1.82, 2.24) is 9.21 Å². The smallest absolute Gasteiger partial charge is 0.409 e. The second kappa shape index (κ2) is 8.30. The number of rotatable bonds is 4. The van der Waals surface area contributed by atoms with Crippen molar-refractivity contribution in [2.45, 2.75) is 25.2 Å². The Morgan fingerprint density at radius 1 is 1.12 bits per heavy atom. The van der Waals surface area contributed by atoms with Gasteiger partial charge >= 0.3 is 6.09 Å². The van der Waals surface area contributed by atoms with Crippen LogP contribution in [0.1, 0.15) is 20.3 Å². The van der Waals surface area contributed by atoms with Crippen LogP contribution in [0.4, 0.5) is 10.5 Å². The molecule has 1 aromatic carbocycles. The average molecular weight is 369 g/mol. The largest absolute Gasteiger partial charge is 0.450 e. The van der Waals surface area contributed by atoms with Gasteiger partial charge in [0.15, 0.2) is 0 Å². The van der Waals surface area contributed by atoms with Crippen molar-refractivity contribution in [2.75, 3.05) is 38.1 Å². The van der Waals surface area contributed by atoms with Gasteiger partial charge in [0, 0.05) is 38.8 Å². The molecule has 0 aliphatic carbocycles. The van der Waals surface area contributed by atoms with E-state index in [0.717, 1.165) is 0 Å². The Balaban J connectivity index is 2.08. The van der Waals surface area contributed by atoms with E-state index >= 15 is 0 Å². The van der Waals surface area contributed by atoms with Crippen LogP contribution >= 0.6 is 0 Å². The minimum atomic E-state index is -3.65. The number of nitrogens with one attached hydrogen (secondary N) is 1. The summed E-state index contributed by atoms with van der Waals surface area (Å²) in [6, 6.07) is 6.04. The third-order valence-electron chi connectivity index (χ3n) is 3.79. The fraction of sp³-hybridized carbons (Fsp3) is 0.500. The first kappa shape index (κ1) is 19.2. The number of carbonyl (C=O) groups is 2. The van der Waals surface area contributed by atoms with Gasteiger partial charge in [-0.3, -0.25) is 4.79 Å². The Morgan fingerprint density at radius 3 is 2.40 bits per heavy atom. The number of hydrogen-bond donors (Lipinski definition) is 1. The van der Waals surface area contributed by atoms with Gasteiger partial charge in [0.1, 0.15) is 0 Å². The molecule has 0 spiro atoms. The molecule has 0 radical (unpaired) electrons. The maximum atomic E-state index is 12.8. The van der Waals surface area contributed by atoms with Crippen LogP contribution in [-0.4, -0.2) is 62.4 Å². The van der Waals surface area contributed by atoms with Gasteiger partial charge in [0.25, 0.3) is 0 Å². The van der Waals surface area contributed by atoms with E-state index in [1.54, 1.807) is 19.1 Å². The molecule has 1 heterocycles. The zero-order valence-electron chi connectivity index (χ0n) is 14.4. The zero-order valence-corrected chi connectivity index (χ0v) is 15.2. The number of anilines is 1. The summed E-state index contributed by atoms with van der Waals surface area (Å²) in [6.07, 6.45) is 0.128. The van der Waals surface area contributed by atoms with E-state index < -0.39 is 16.1 Å². The molecule has 8 nitrogen and oxygen atoms in total. The number of amides is 2. The monoisotopic (exact) mass is 369 g/mol. The molecule has 138 valence electrons. The van der Waals surface area contributed by atoms with Crippen molar-refractivity contribution in [3.63, 3.8) is 0 Å². The van der Waals surface area contributed by atoms with Crippen LogP contribution in [0.25, 0.3) is 0 Å². The van der Waals surface area contributed by atoms with Crippen LogP contribution in [-0.2, 0) is 19.6 Å². The lowest BCUT2D eigenvalue weighted by molar-refractivity contribution is -0.114. The van der Waals surface area contributed by atoms with Crippen molar-refractivity contribution in [2.24, 2.45) is 0 Å². The van der Waals surface area contributed by atoms with Gasteiger partial charge in [0.2, 0.25) is 15.9 Å². The summed E-state index contributed by atoms with van der Waals surface area (Å²) in [5, 5.41) is 2.60. The van der Waals surface area contributed by atoms with E-state index in [1.165, 1.54) is 28.3 Å². The highest BCUT2D eigenvalue weighted by molar-refractivity contribution is 7.89. The molecular formula is C16H23N3O5S. The summed E-state index contributed by atoms with van der Waals surface area (Å²) >= 11 is 0. The van der Waals surface area contributed by atoms with Crippen molar-refractivity contribution in [1.29, 1.82) is 0 Å². The molecule has 1 aliphatic heterocycles. The lowest BCUT2D eigenvalue weighted by Gasteiger charge is -2.21. The molecule has 0 saturated carbocycles. The quantitative estimate of drug-likeness (QED) is 0.868. The van der Waals surface area contributed by atoms with Crippen LogP contribution in [0.2, 0.25) is 0 Å². The van der Waals surface area contributed by atoms with Crippen LogP contribution < -0.4 is 5.32 Å².